The van der Waals surface area contributed by atoms with Crippen LogP contribution in [0.25, 0.3) is 0 Å². The number of nitrogens with zero attached hydrogens (tertiary/aromatic N) is 3. The molecule has 0 fully saturated rings. The second kappa shape index (κ2) is 11.8. The molecule has 2 aromatic carbocycles. The maximum Gasteiger partial charge on any atom is 0.234 e. The summed E-state index contributed by atoms with van der Waals surface area (Å²) in [5.74, 6) is 2.34. The van der Waals surface area contributed by atoms with Gasteiger partial charge in [0.05, 0.1) is 32.3 Å². The third kappa shape index (κ3) is 6.92. The minimum Gasteiger partial charge on any atom is -0.324 e. The maximum atomic E-state index is 12.4. The van der Waals surface area contributed by atoms with Crippen LogP contribution >= 0.6 is 58.3 Å². The van der Waals surface area contributed by atoms with E-state index in [1.54, 1.807) is 17.8 Å². The Morgan fingerprint density at radius 3 is 2.55 bits per heavy atom. The fraction of sp³-hybridized carbons (Fsp3) is 0.190. The molecule has 10 heteroatoms. The first kappa shape index (κ1) is 24.0. The molecule has 0 aliphatic carbocycles. The smallest absolute Gasteiger partial charge is 0.234 e. The Morgan fingerprint density at radius 1 is 1.06 bits per heavy atom. The Kier molecular flexibility index (Phi) is 9.16. The quantitative estimate of drug-likeness (QED) is 0.188. The molecule has 5 nitrogen and oxygen atoms in total. The van der Waals surface area contributed by atoms with Gasteiger partial charge >= 0.3 is 0 Å². The lowest BCUT2D eigenvalue weighted by atomic mass is 10.2. The molecular formula is C21H19Cl3N4OS2. The van der Waals surface area contributed by atoms with Crippen molar-refractivity contribution in [2.45, 2.75) is 23.2 Å². The fourth-order valence-corrected chi connectivity index (χ4v) is 4.90. The highest BCUT2D eigenvalue weighted by molar-refractivity contribution is 7.99. The lowest BCUT2D eigenvalue weighted by Crippen LogP contribution is -2.15. The average molecular weight is 514 g/mol. The van der Waals surface area contributed by atoms with Gasteiger partial charge in [-0.1, -0.05) is 83.0 Å². The Bertz CT molecular complexity index is 1060. The van der Waals surface area contributed by atoms with Crippen molar-refractivity contribution in [1.82, 2.24) is 14.8 Å². The molecule has 0 radical (unpaired) electrons. The highest BCUT2D eigenvalue weighted by Gasteiger charge is 2.15. The molecule has 1 amide bonds. The predicted molar refractivity (Wildman–Crippen MR) is 132 cm³/mol. The van der Waals surface area contributed by atoms with Crippen LogP contribution in [0, 0.1) is 0 Å². The zero-order valence-corrected chi connectivity index (χ0v) is 20.3. The van der Waals surface area contributed by atoms with Gasteiger partial charge in [-0.3, -0.25) is 4.79 Å². The fourth-order valence-electron chi connectivity index (χ4n) is 2.61. The molecule has 1 aromatic heterocycles. The summed E-state index contributed by atoms with van der Waals surface area (Å²) in [6.45, 7) is 4.38. The van der Waals surface area contributed by atoms with Gasteiger partial charge < -0.3 is 9.88 Å². The van der Waals surface area contributed by atoms with Gasteiger partial charge in [-0.2, -0.15) is 0 Å². The zero-order valence-electron chi connectivity index (χ0n) is 16.4. The first-order chi connectivity index (χ1) is 15.0. The van der Waals surface area contributed by atoms with Crippen LogP contribution in [0.4, 0.5) is 5.69 Å². The van der Waals surface area contributed by atoms with Gasteiger partial charge in [-0.15, -0.1) is 28.5 Å². The predicted octanol–water partition coefficient (Wildman–Crippen LogP) is 6.59. The van der Waals surface area contributed by atoms with E-state index in [1.165, 1.54) is 29.5 Å². The number of hydrogen-bond acceptors (Lipinski definition) is 5. The van der Waals surface area contributed by atoms with Crippen LogP contribution in [-0.2, 0) is 22.8 Å². The van der Waals surface area contributed by atoms with Crippen LogP contribution in [-0.4, -0.2) is 26.4 Å². The Labute approximate surface area is 204 Å². The van der Waals surface area contributed by atoms with Crippen LogP contribution in [0.2, 0.25) is 15.1 Å². The Morgan fingerprint density at radius 2 is 1.81 bits per heavy atom. The number of halogens is 3. The number of nitrogens with one attached hydrogen (secondary N) is 1. The minimum absolute atomic E-state index is 0.142. The van der Waals surface area contributed by atoms with Crippen LogP contribution < -0.4 is 5.32 Å². The summed E-state index contributed by atoms with van der Waals surface area (Å²) in [7, 11) is 0. The number of anilines is 1. The van der Waals surface area contributed by atoms with Crippen molar-refractivity contribution < 1.29 is 4.79 Å². The average Bonchev–Trinajstić information content (AvgIpc) is 3.13. The number of aromatic nitrogens is 3. The van der Waals surface area contributed by atoms with Gasteiger partial charge in [0.2, 0.25) is 5.91 Å². The Hall–Kier alpha value is -1.64. The third-order valence-electron chi connectivity index (χ3n) is 4.06. The molecule has 0 aliphatic rings. The summed E-state index contributed by atoms with van der Waals surface area (Å²) >= 11 is 21.1. The summed E-state index contributed by atoms with van der Waals surface area (Å²) in [6, 6.07) is 13.3. The number of allylic oxidation sites excluding steroid dienone is 1. The molecular weight excluding hydrogens is 495 g/mol. The SMILES string of the molecule is C=CCn1c(CSCc2ccccc2)nnc1SCC(=O)Nc1cc(Cl)c(Cl)cc1Cl. The van der Waals surface area contributed by atoms with E-state index in [-0.39, 0.29) is 11.7 Å². The molecule has 31 heavy (non-hydrogen) atoms. The van der Waals surface area contributed by atoms with Gasteiger partial charge in [0, 0.05) is 12.3 Å². The van der Waals surface area contributed by atoms with E-state index in [0.717, 1.165) is 11.6 Å². The largest absolute Gasteiger partial charge is 0.324 e. The number of carbonyl (C=O) groups excluding carboxylic acids is 1. The van der Waals surface area contributed by atoms with Crippen molar-refractivity contribution in [1.29, 1.82) is 0 Å². The van der Waals surface area contributed by atoms with Gasteiger partial charge in [-0.25, -0.2) is 0 Å². The standard InChI is InChI=1S/C21H19Cl3N4OS2/c1-2-8-28-19(12-30-11-14-6-4-3-5-7-14)26-27-21(28)31-13-20(29)25-18-10-16(23)15(22)9-17(18)24/h2-7,9-10H,1,8,11-13H2,(H,25,29). The van der Waals surface area contributed by atoms with Crippen molar-refractivity contribution in [3.63, 3.8) is 0 Å². The summed E-state index contributed by atoms with van der Waals surface area (Å²) in [5, 5.41) is 12.9. The molecule has 0 unspecified atom stereocenters. The van der Waals surface area contributed by atoms with E-state index in [4.69, 9.17) is 34.8 Å². The van der Waals surface area contributed by atoms with E-state index < -0.39 is 0 Å². The summed E-state index contributed by atoms with van der Waals surface area (Å²) in [4.78, 5) is 12.4. The van der Waals surface area contributed by atoms with Gasteiger partial charge in [0.25, 0.3) is 0 Å². The van der Waals surface area contributed by atoms with E-state index in [9.17, 15) is 4.79 Å². The van der Waals surface area contributed by atoms with Crippen LogP contribution in [0.15, 0.2) is 60.3 Å². The van der Waals surface area contributed by atoms with E-state index in [1.807, 2.05) is 22.8 Å². The third-order valence-corrected chi connectivity index (χ3v) is 7.07. The molecule has 0 atom stereocenters. The van der Waals surface area contributed by atoms with Gasteiger partial charge in [0.15, 0.2) is 5.16 Å². The minimum atomic E-state index is -0.238. The molecule has 0 saturated carbocycles. The molecule has 0 spiro atoms. The molecule has 0 aliphatic heterocycles. The molecule has 1 N–H and O–H groups in total. The van der Waals surface area contributed by atoms with Crippen molar-refractivity contribution in [2.24, 2.45) is 0 Å². The number of hydrogen-bond donors (Lipinski definition) is 1. The monoisotopic (exact) mass is 512 g/mol. The van der Waals surface area contributed by atoms with Crippen LogP contribution in [0.5, 0.6) is 0 Å². The number of rotatable bonds is 10. The van der Waals surface area contributed by atoms with E-state index in [2.05, 4.69) is 34.2 Å². The lowest BCUT2D eigenvalue weighted by molar-refractivity contribution is -0.113. The normalized spacial score (nSPS) is 10.8. The van der Waals surface area contributed by atoms with Crippen molar-refractivity contribution in [3.05, 3.63) is 81.6 Å². The number of benzene rings is 2. The maximum absolute atomic E-state index is 12.4. The highest BCUT2D eigenvalue weighted by Crippen LogP contribution is 2.32. The first-order valence-electron chi connectivity index (χ1n) is 9.19. The number of carbonyl (C=O) groups is 1. The molecule has 162 valence electrons. The molecule has 1 heterocycles. The summed E-state index contributed by atoms with van der Waals surface area (Å²) < 4.78 is 1.97. The first-order valence-corrected chi connectivity index (χ1v) is 12.5. The topological polar surface area (TPSA) is 59.8 Å². The van der Waals surface area contributed by atoms with Gasteiger partial charge in [0.1, 0.15) is 5.82 Å². The van der Waals surface area contributed by atoms with Crippen molar-refractivity contribution in [2.75, 3.05) is 11.1 Å². The van der Waals surface area contributed by atoms with E-state index in [0.29, 0.717) is 38.2 Å². The second-order valence-electron chi connectivity index (χ2n) is 6.36. The number of amides is 1. The van der Waals surface area contributed by atoms with E-state index >= 15 is 0 Å². The highest BCUT2D eigenvalue weighted by atomic mass is 35.5. The van der Waals surface area contributed by atoms with Crippen LogP contribution in [0.1, 0.15) is 11.4 Å². The molecule has 0 bridgehead atoms. The molecule has 3 aromatic rings. The Balaban J connectivity index is 1.58. The molecule has 3 rings (SSSR count). The van der Waals surface area contributed by atoms with Gasteiger partial charge in [-0.05, 0) is 17.7 Å². The zero-order chi connectivity index (χ0) is 22.2. The molecule has 0 saturated heterocycles. The summed E-state index contributed by atoms with van der Waals surface area (Å²) in [6.07, 6.45) is 1.79. The van der Waals surface area contributed by atoms with Crippen molar-refractivity contribution in [3.8, 4) is 0 Å². The summed E-state index contributed by atoms with van der Waals surface area (Å²) in [5.41, 5.74) is 1.67. The van der Waals surface area contributed by atoms with Crippen molar-refractivity contribution >= 4 is 69.9 Å². The van der Waals surface area contributed by atoms with Crippen LogP contribution in [0.3, 0.4) is 0 Å². The second-order valence-corrected chi connectivity index (χ2v) is 9.51. The lowest BCUT2D eigenvalue weighted by Gasteiger charge is -2.10. The number of thioether (sulfide) groups is 2.